The summed E-state index contributed by atoms with van der Waals surface area (Å²) in [5.74, 6) is -2.45. The number of urea groups is 1. The number of carbonyl (C=O) groups excluding carboxylic acids is 4. The number of hydrogen-bond acceptors (Lipinski definition) is 7. The number of rotatable bonds is 7. The summed E-state index contributed by atoms with van der Waals surface area (Å²) in [4.78, 5) is 49.8. The van der Waals surface area contributed by atoms with E-state index in [1.54, 1.807) is 13.0 Å². The third-order valence-corrected chi connectivity index (χ3v) is 5.17. The zero-order valence-corrected chi connectivity index (χ0v) is 19.7. The van der Waals surface area contributed by atoms with Gasteiger partial charge in [-0.2, -0.15) is 0 Å². The maximum atomic E-state index is 13.6. The van der Waals surface area contributed by atoms with E-state index in [0.717, 1.165) is 6.07 Å². The molecule has 2 aromatic rings. The van der Waals surface area contributed by atoms with Gasteiger partial charge in [-0.25, -0.2) is 18.9 Å². The van der Waals surface area contributed by atoms with Gasteiger partial charge in [0.05, 0.1) is 23.0 Å². The van der Waals surface area contributed by atoms with E-state index in [9.17, 15) is 23.6 Å². The van der Waals surface area contributed by atoms with Crippen molar-refractivity contribution in [3.63, 3.8) is 0 Å². The SMILES string of the molecule is CCOc1cc(/C=C2\C(=O)NC(=O)N(c3cccc(F)c3)C2=O)cc(I)c1OCC(=O)OC. The Morgan fingerprint density at radius 1 is 1.18 bits per heavy atom. The summed E-state index contributed by atoms with van der Waals surface area (Å²) in [5.41, 5.74) is 0.0488. The lowest BCUT2D eigenvalue weighted by molar-refractivity contribution is -0.143. The molecule has 1 aliphatic rings. The molecule has 1 aliphatic heterocycles. The fraction of sp³-hybridized carbons (Fsp3) is 0.182. The van der Waals surface area contributed by atoms with Crippen LogP contribution in [0.3, 0.4) is 0 Å². The van der Waals surface area contributed by atoms with Crippen LogP contribution in [0.5, 0.6) is 11.5 Å². The monoisotopic (exact) mass is 568 g/mol. The second kappa shape index (κ2) is 10.4. The minimum absolute atomic E-state index is 0.0213. The first kappa shape index (κ1) is 24.2. The van der Waals surface area contributed by atoms with Crippen LogP contribution in [0.2, 0.25) is 0 Å². The van der Waals surface area contributed by atoms with Crippen LogP contribution in [0, 0.1) is 9.39 Å². The first-order chi connectivity index (χ1) is 15.7. The van der Waals surface area contributed by atoms with Crippen molar-refractivity contribution in [2.24, 2.45) is 0 Å². The molecule has 4 amide bonds. The van der Waals surface area contributed by atoms with Crippen molar-refractivity contribution < 1.29 is 37.8 Å². The standard InChI is InChI=1S/C22H18FIN2O7/c1-3-32-17-9-12(8-16(24)19(17)33-11-18(27)31-2)7-15-20(28)25-22(30)26(21(15)29)14-6-4-5-13(23)10-14/h4-10H,3,11H2,1-2H3,(H,25,28,30)/b15-7+. The van der Waals surface area contributed by atoms with Crippen molar-refractivity contribution in [3.05, 3.63) is 56.9 Å². The topological polar surface area (TPSA) is 111 Å². The average Bonchev–Trinajstić information content (AvgIpc) is 2.76. The molecule has 9 nitrogen and oxygen atoms in total. The summed E-state index contributed by atoms with van der Waals surface area (Å²) < 4.78 is 29.8. The average molecular weight is 568 g/mol. The minimum Gasteiger partial charge on any atom is -0.490 e. The Morgan fingerprint density at radius 2 is 1.94 bits per heavy atom. The van der Waals surface area contributed by atoms with Crippen molar-refractivity contribution >= 4 is 58.2 Å². The van der Waals surface area contributed by atoms with E-state index in [0.29, 0.717) is 19.8 Å². The highest BCUT2D eigenvalue weighted by Crippen LogP contribution is 2.35. The van der Waals surface area contributed by atoms with Crippen molar-refractivity contribution in [3.8, 4) is 11.5 Å². The van der Waals surface area contributed by atoms with Gasteiger partial charge in [-0.15, -0.1) is 0 Å². The van der Waals surface area contributed by atoms with E-state index in [1.807, 2.05) is 22.6 Å². The maximum Gasteiger partial charge on any atom is 0.343 e. The van der Waals surface area contributed by atoms with Crippen LogP contribution in [0.15, 0.2) is 42.0 Å². The van der Waals surface area contributed by atoms with E-state index in [1.165, 1.54) is 37.5 Å². The van der Waals surface area contributed by atoms with Gasteiger partial charge in [0.15, 0.2) is 18.1 Å². The smallest absolute Gasteiger partial charge is 0.343 e. The second-order valence-electron chi connectivity index (χ2n) is 6.57. The van der Waals surface area contributed by atoms with Crippen LogP contribution in [0.4, 0.5) is 14.9 Å². The van der Waals surface area contributed by atoms with Crippen molar-refractivity contribution in [1.82, 2.24) is 5.32 Å². The summed E-state index contributed by atoms with van der Waals surface area (Å²) in [7, 11) is 1.24. The number of carbonyl (C=O) groups is 4. The normalized spacial score (nSPS) is 14.8. The molecule has 33 heavy (non-hydrogen) atoms. The number of halogens is 2. The van der Waals surface area contributed by atoms with Gasteiger partial charge in [0.2, 0.25) is 0 Å². The number of anilines is 1. The molecule has 0 saturated carbocycles. The van der Waals surface area contributed by atoms with Gasteiger partial charge >= 0.3 is 12.0 Å². The first-order valence-electron chi connectivity index (χ1n) is 9.58. The van der Waals surface area contributed by atoms with Gasteiger partial charge in [0.25, 0.3) is 11.8 Å². The molecule has 0 unspecified atom stereocenters. The molecule has 0 aliphatic carbocycles. The van der Waals surface area contributed by atoms with E-state index < -0.39 is 29.6 Å². The molecule has 1 saturated heterocycles. The van der Waals surface area contributed by atoms with Crippen LogP contribution in [0.25, 0.3) is 6.08 Å². The number of nitrogens with one attached hydrogen (secondary N) is 1. The molecule has 1 heterocycles. The van der Waals surface area contributed by atoms with Gasteiger partial charge in [-0.3, -0.25) is 14.9 Å². The molecular formula is C22H18FIN2O7. The summed E-state index contributed by atoms with van der Waals surface area (Å²) in [6, 6.07) is 7.03. The lowest BCUT2D eigenvalue weighted by Gasteiger charge is -2.26. The molecule has 0 bridgehead atoms. The van der Waals surface area contributed by atoms with Crippen molar-refractivity contribution in [2.75, 3.05) is 25.2 Å². The highest BCUT2D eigenvalue weighted by atomic mass is 127. The summed E-state index contributed by atoms with van der Waals surface area (Å²) >= 11 is 1.96. The third kappa shape index (κ3) is 5.48. The van der Waals surface area contributed by atoms with Crippen LogP contribution in [-0.2, 0) is 19.1 Å². The number of methoxy groups -OCH3 is 1. The lowest BCUT2D eigenvalue weighted by Crippen LogP contribution is -2.54. The number of imide groups is 2. The zero-order chi connectivity index (χ0) is 24.1. The number of amides is 4. The molecule has 2 aromatic carbocycles. The van der Waals surface area contributed by atoms with Crippen molar-refractivity contribution in [1.29, 1.82) is 0 Å². The fourth-order valence-corrected chi connectivity index (χ4v) is 3.72. The maximum absolute atomic E-state index is 13.6. The lowest BCUT2D eigenvalue weighted by atomic mass is 10.1. The molecule has 3 rings (SSSR count). The van der Waals surface area contributed by atoms with Crippen molar-refractivity contribution in [2.45, 2.75) is 6.92 Å². The number of nitrogens with zero attached hydrogens (tertiary/aromatic N) is 1. The Morgan fingerprint density at radius 3 is 2.61 bits per heavy atom. The molecule has 0 spiro atoms. The molecule has 0 radical (unpaired) electrons. The molecule has 172 valence electrons. The molecule has 1 N–H and O–H groups in total. The Balaban J connectivity index is 1.99. The molecule has 11 heteroatoms. The molecule has 1 fully saturated rings. The fourth-order valence-electron chi connectivity index (χ4n) is 2.94. The largest absolute Gasteiger partial charge is 0.490 e. The predicted molar refractivity (Wildman–Crippen MR) is 123 cm³/mol. The summed E-state index contributed by atoms with van der Waals surface area (Å²) in [5, 5.41) is 2.08. The second-order valence-corrected chi connectivity index (χ2v) is 7.73. The van der Waals surface area contributed by atoms with E-state index >= 15 is 0 Å². The number of barbiturate groups is 1. The first-order valence-corrected chi connectivity index (χ1v) is 10.7. The quantitative estimate of drug-likeness (QED) is 0.237. The van der Waals surface area contributed by atoms with E-state index in [-0.39, 0.29) is 30.2 Å². The molecule has 0 aromatic heterocycles. The van der Waals surface area contributed by atoms with Gasteiger partial charge in [-0.05, 0) is 71.5 Å². The third-order valence-electron chi connectivity index (χ3n) is 4.37. The molecular weight excluding hydrogens is 550 g/mol. The Bertz CT molecular complexity index is 1170. The Labute approximate surface area is 201 Å². The predicted octanol–water partition coefficient (Wildman–Crippen LogP) is 3.05. The van der Waals surface area contributed by atoms with Crippen LogP contribution in [0.1, 0.15) is 12.5 Å². The zero-order valence-electron chi connectivity index (χ0n) is 17.5. The molecule has 0 atom stereocenters. The number of hydrogen-bond donors (Lipinski definition) is 1. The van der Waals surface area contributed by atoms with Gasteiger partial charge in [0.1, 0.15) is 11.4 Å². The minimum atomic E-state index is -0.983. The van der Waals surface area contributed by atoms with Gasteiger partial charge in [-0.1, -0.05) is 6.07 Å². The highest BCUT2D eigenvalue weighted by Gasteiger charge is 2.37. The number of benzene rings is 2. The van der Waals surface area contributed by atoms with Gasteiger partial charge in [0, 0.05) is 0 Å². The number of esters is 1. The highest BCUT2D eigenvalue weighted by molar-refractivity contribution is 14.1. The van der Waals surface area contributed by atoms with Crippen LogP contribution >= 0.6 is 22.6 Å². The summed E-state index contributed by atoms with van der Waals surface area (Å²) in [6.07, 6.45) is 1.28. The van der Waals surface area contributed by atoms with Crippen LogP contribution in [-0.4, -0.2) is 44.1 Å². The Hall–Kier alpha value is -3.48. The van der Waals surface area contributed by atoms with E-state index in [4.69, 9.17) is 9.47 Å². The van der Waals surface area contributed by atoms with Crippen LogP contribution < -0.4 is 19.7 Å². The van der Waals surface area contributed by atoms with Gasteiger partial charge < -0.3 is 14.2 Å². The Kier molecular flexibility index (Phi) is 7.63. The number of ether oxygens (including phenoxy) is 3. The van der Waals surface area contributed by atoms with E-state index in [2.05, 4.69) is 10.1 Å². The summed E-state index contributed by atoms with van der Waals surface area (Å²) in [6.45, 7) is 1.70.